The van der Waals surface area contributed by atoms with Gasteiger partial charge in [0.1, 0.15) is 6.20 Å². The Morgan fingerprint density at radius 1 is 1.28 bits per heavy atom. The number of rotatable bonds is 3. The molecule has 18 heavy (non-hydrogen) atoms. The van der Waals surface area contributed by atoms with Gasteiger partial charge in [0.05, 0.1) is 4.92 Å². The summed E-state index contributed by atoms with van der Waals surface area (Å²) in [6.07, 6.45) is 3.41. The zero-order valence-corrected chi connectivity index (χ0v) is 10.9. The number of benzene rings is 1. The molecule has 6 heteroatoms. The Kier molecular flexibility index (Phi) is 3.57. The predicted octanol–water partition coefficient (Wildman–Crippen LogP) is 2.93. The van der Waals surface area contributed by atoms with E-state index in [1.807, 2.05) is 18.2 Å². The van der Waals surface area contributed by atoms with Crippen molar-refractivity contribution < 1.29 is 4.92 Å². The monoisotopic (exact) mass is 307 g/mol. The molecule has 0 spiro atoms. The molecule has 2 rings (SSSR count). The van der Waals surface area contributed by atoms with Crippen LogP contribution in [0.1, 0.15) is 11.1 Å². The first-order valence-corrected chi connectivity index (χ1v) is 5.98. The lowest BCUT2D eigenvalue weighted by atomic mass is 10.1. The molecule has 0 saturated carbocycles. The average molecular weight is 308 g/mol. The van der Waals surface area contributed by atoms with Crippen LogP contribution in [0.25, 0.3) is 0 Å². The quantitative estimate of drug-likeness (QED) is 0.537. The lowest BCUT2D eigenvalue weighted by molar-refractivity contribution is -0.385. The minimum Gasteiger partial charge on any atom is -0.398 e. The van der Waals surface area contributed by atoms with E-state index in [4.69, 9.17) is 5.73 Å². The van der Waals surface area contributed by atoms with E-state index in [1.54, 1.807) is 6.20 Å². The van der Waals surface area contributed by atoms with Gasteiger partial charge in [-0.2, -0.15) is 0 Å². The summed E-state index contributed by atoms with van der Waals surface area (Å²) in [5.74, 6) is 0. The third-order valence-electron chi connectivity index (χ3n) is 2.46. The first-order valence-electron chi connectivity index (χ1n) is 5.18. The van der Waals surface area contributed by atoms with Crippen molar-refractivity contribution in [3.63, 3.8) is 0 Å². The Morgan fingerprint density at radius 2 is 2.06 bits per heavy atom. The van der Waals surface area contributed by atoms with Crippen LogP contribution in [0.4, 0.5) is 11.4 Å². The van der Waals surface area contributed by atoms with Crippen LogP contribution in [-0.4, -0.2) is 9.91 Å². The summed E-state index contributed by atoms with van der Waals surface area (Å²) in [7, 11) is 0. The number of nitro groups is 1. The molecule has 0 aliphatic rings. The number of nitrogens with zero attached hydrogens (tertiary/aromatic N) is 2. The molecular formula is C12H10BrN3O2. The topological polar surface area (TPSA) is 82.0 Å². The molecule has 1 heterocycles. The van der Waals surface area contributed by atoms with Crippen molar-refractivity contribution in [2.45, 2.75) is 6.42 Å². The van der Waals surface area contributed by atoms with E-state index in [2.05, 4.69) is 20.9 Å². The minimum atomic E-state index is -0.452. The van der Waals surface area contributed by atoms with E-state index in [-0.39, 0.29) is 5.69 Å². The average Bonchev–Trinajstić information content (AvgIpc) is 2.34. The van der Waals surface area contributed by atoms with Gasteiger partial charge < -0.3 is 5.73 Å². The van der Waals surface area contributed by atoms with Crippen molar-refractivity contribution in [2.75, 3.05) is 5.73 Å². The van der Waals surface area contributed by atoms with Gasteiger partial charge in [0.2, 0.25) is 0 Å². The van der Waals surface area contributed by atoms with Crippen molar-refractivity contribution in [3.05, 3.63) is 62.4 Å². The molecule has 0 radical (unpaired) electrons. The molecule has 2 N–H and O–H groups in total. The number of nitrogen functional groups attached to an aromatic ring is 1. The molecular weight excluding hydrogens is 298 g/mol. The van der Waals surface area contributed by atoms with E-state index in [1.165, 1.54) is 12.3 Å². The highest BCUT2D eigenvalue weighted by Crippen LogP contribution is 2.22. The van der Waals surface area contributed by atoms with Crippen LogP contribution in [-0.2, 0) is 6.42 Å². The molecule has 5 nitrogen and oxygen atoms in total. The van der Waals surface area contributed by atoms with Crippen LogP contribution < -0.4 is 5.73 Å². The fourth-order valence-electron chi connectivity index (χ4n) is 1.61. The standard InChI is InChI=1S/C12H10BrN3O2/c13-11-2-1-8(5-12(11)14)3-9-4-10(16(17)18)7-15-6-9/h1-2,4-7H,3,14H2. The maximum atomic E-state index is 10.6. The number of nitrogens with two attached hydrogens (primary N) is 1. The van der Waals surface area contributed by atoms with Crippen molar-refractivity contribution in [1.29, 1.82) is 0 Å². The first-order chi connectivity index (χ1) is 8.56. The second-order valence-electron chi connectivity index (χ2n) is 3.84. The van der Waals surface area contributed by atoms with Crippen LogP contribution in [0.2, 0.25) is 0 Å². The van der Waals surface area contributed by atoms with E-state index in [0.717, 1.165) is 15.6 Å². The summed E-state index contributed by atoms with van der Waals surface area (Å²) < 4.78 is 0.836. The highest BCUT2D eigenvalue weighted by Gasteiger charge is 2.07. The normalized spacial score (nSPS) is 10.3. The van der Waals surface area contributed by atoms with E-state index in [9.17, 15) is 10.1 Å². The molecule has 0 amide bonds. The molecule has 0 aliphatic carbocycles. The number of pyridine rings is 1. The fourth-order valence-corrected chi connectivity index (χ4v) is 1.86. The van der Waals surface area contributed by atoms with Crippen LogP contribution in [0.15, 0.2) is 41.1 Å². The SMILES string of the molecule is Nc1cc(Cc2cncc([N+](=O)[O-])c2)ccc1Br. The summed E-state index contributed by atoms with van der Waals surface area (Å²) >= 11 is 3.32. The number of hydrogen-bond acceptors (Lipinski definition) is 4. The summed E-state index contributed by atoms with van der Waals surface area (Å²) in [6.45, 7) is 0. The van der Waals surface area contributed by atoms with Gasteiger partial charge in [0, 0.05) is 22.4 Å². The van der Waals surface area contributed by atoms with Crippen LogP contribution in [0.3, 0.4) is 0 Å². The predicted molar refractivity (Wildman–Crippen MR) is 72.3 cm³/mol. The van der Waals surface area contributed by atoms with Gasteiger partial charge in [-0.25, -0.2) is 0 Å². The van der Waals surface area contributed by atoms with Gasteiger partial charge in [-0.05, 0) is 45.6 Å². The number of aromatic nitrogens is 1. The Bertz CT molecular complexity index is 602. The summed E-state index contributed by atoms with van der Waals surface area (Å²) in [5, 5.41) is 10.6. The van der Waals surface area contributed by atoms with Gasteiger partial charge in [0.25, 0.3) is 5.69 Å². The fraction of sp³-hybridized carbons (Fsp3) is 0.0833. The molecule has 0 bridgehead atoms. The van der Waals surface area contributed by atoms with Crippen molar-refractivity contribution in [1.82, 2.24) is 4.98 Å². The molecule has 0 fully saturated rings. The minimum absolute atomic E-state index is 0.00224. The summed E-state index contributed by atoms with van der Waals surface area (Å²) in [4.78, 5) is 14.1. The van der Waals surface area contributed by atoms with Crippen LogP contribution >= 0.6 is 15.9 Å². The zero-order chi connectivity index (χ0) is 13.1. The smallest absolute Gasteiger partial charge is 0.287 e. The molecule has 1 aromatic heterocycles. The summed E-state index contributed by atoms with van der Waals surface area (Å²) in [5.41, 5.74) is 8.19. The first kappa shape index (κ1) is 12.5. The third kappa shape index (κ3) is 2.84. The lowest BCUT2D eigenvalue weighted by Gasteiger charge is -2.04. The Morgan fingerprint density at radius 3 is 2.72 bits per heavy atom. The largest absolute Gasteiger partial charge is 0.398 e. The highest BCUT2D eigenvalue weighted by atomic mass is 79.9. The number of anilines is 1. The van der Waals surface area contributed by atoms with Crippen LogP contribution in [0, 0.1) is 10.1 Å². The van der Waals surface area contributed by atoms with Crippen molar-refractivity contribution >= 4 is 27.3 Å². The van der Waals surface area contributed by atoms with E-state index >= 15 is 0 Å². The summed E-state index contributed by atoms with van der Waals surface area (Å²) in [6, 6.07) is 7.13. The number of hydrogen-bond donors (Lipinski definition) is 1. The van der Waals surface area contributed by atoms with Gasteiger partial charge >= 0.3 is 0 Å². The van der Waals surface area contributed by atoms with Crippen LogP contribution in [0.5, 0.6) is 0 Å². The van der Waals surface area contributed by atoms with Gasteiger partial charge in [0.15, 0.2) is 0 Å². The Labute approximate surface area is 112 Å². The number of halogens is 1. The third-order valence-corrected chi connectivity index (χ3v) is 3.18. The maximum Gasteiger partial charge on any atom is 0.287 e. The molecule has 0 aliphatic heterocycles. The molecule has 1 aromatic carbocycles. The second kappa shape index (κ2) is 5.14. The van der Waals surface area contributed by atoms with Gasteiger partial charge in [-0.3, -0.25) is 15.1 Å². The van der Waals surface area contributed by atoms with Gasteiger partial charge in [-0.1, -0.05) is 6.07 Å². The molecule has 92 valence electrons. The molecule has 0 saturated heterocycles. The Balaban J connectivity index is 2.25. The van der Waals surface area contributed by atoms with E-state index < -0.39 is 4.92 Å². The Hall–Kier alpha value is -1.95. The van der Waals surface area contributed by atoms with E-state index in [0.29, 0.717) is 12.1 Å². The molecule has 2 aromatic rings. The second-order valence-corrected chi connectivity index (χ2v) is 4.70. The highest BCUT2D eigenvalue weighted by molar-refractivity contribution is 9.10. The molecule has 0 unspecified atom stereocenters. The zero-order valence-electron chi connectivity index (χ0n) is 9.34. The lowest BCUT2D eigenvalue weighted by Crippen LogP contribution is -1.95. The van der Waals surface area contributed by atoms with Gasteiger partial charge in [-0.15, -0.1) is 0 Å². The van der Waals surface area contributed by atoms with Crippen molar-refractivity contribution in [3.8, 4) is 0 Å². The van der Waals surface area contributed by atoms with Crippen molar-refractivity contribution in [2.24, 2.45) is 0 Å². The molecule has 0 atom stereocenters. The maximum absolute atomic E-state index is 10.6.